The summed E-state index contributed by atoms with van der Waals surface area (Å²) in [4.78, 5) is 32.1. The van der Waals surface area contributed by atoms with Gasteiger partial charge >= 0.3 is 12.4 Å². The van der Waals surface area contributed by atoms with Crippen molar-refractivity contribution in [2.24, 2.45) is 0 Å². The normalized spacial score (nSPS) is 20.8. The molecule has 6 rings (SSSR count). The molecule has 2 heterocycles. The van der Waals surface area contributed by atoms with Crippen LogP contribution in [0.5, 0.6) is 0 Å². The number of rotatable bonds is 12. The van der Waals surface area contributed by atoms with Gasteiger partial charge in [0, 0.05) is 37.7 Å². The van der Waals surface area contributed by atoms with Crippen molar-refractivity contribution in [3.8, 4) is 0 Å². The summed E-state index contributed by atoms with van der Waals surface area (Å²) >= 11 is 12.7. The SMILES string of the molecule is CN(CCCC(C)(C)O)C(=O)CO[C@H]1Cc2ccccc2C12CCN(CC[C@@]1(c3ccc(Cl)c(Cl)c3)CN(C(=O)c3cc(C(F)(F)F)cc(C(F)(F)F)c3)CCO1)CC2.Cl. The standard InChI is InChI=1S/C43H49Cl2F6N3O5.ClH/c1-39(2,57)11-6-15-52(3)37(55)26-58-36-23-28-7-4-5-8-33(28)40(36)12-16-53(17-13-40)18-14-41(30-9-10-34(44)35(45)25-30)27-54(19-20-59-41)38(56)29-21-31(42(46,47)48)24-32(22-29)43(49,50)51;/h4-5,7-10,21-22,24-25,36,57H,6,11-20,23,26-27H2,1-3H3;1H/t36-,41-;/m0./s1. The summed E-state index contributed by atoms with van der Waals surface area (Å²) in [7, 11) is 1.73. The molecule has 60 heavy (non-hydrogen) atoms. The Bertz CT molecular complexity index is 1970. The van der Waals surface area contributed by atoms with E-state index in [2.05, 4.69) is 17.0 Å². The summed E-state index contributed by atoms with van der Waals surface area (Å²) in [6.45, 7) is 5.43. The van der Waals surface area contributed by atoms with Crippen molar-refractivity contribution in [3.05, 3.63) is 104 Å². The second kappa shape index (κ2) is 18.7. The van der Waals surface area contributed by atoms with E-state index in [1.54, 1.807) is 44.0 Å². The fourth-order valence-electron chi connectivity index (χ4n) is 8.70. The minimum Gasteiger partial charge on any atom is -0.390 e. The summed E-state index contributed by atoms with van der Waals surface area (Å²) in [6, 6.07) is 14.0. The second-order valence-electron chi connectivity index (χ2n) is 16.6. The predicted octanol–water partition coefficient (Wildman–Crippen LogP) is 9.20. The zero-order valence-corrected chi connectivity index (χ0v) is 35.9. The van der Waals surface area contributed by atoms with E-state index in [9.17, 15) is 41.0 Å². The Hall–Kier alpha value is -3.11. The number of hydrogen-bond acceptors (Lipinski definition) is 6. The number of carbonyl (C=O) groups is 2. The molecule has 2 aliphatic heterocycles. The Morgan fingerprint density at radius 2 is 1.58 bits per heavy atom. The number of piperidine rings is 1. The molecule has 3 aromatic carbocycles. The van der Waals surface area contributed by atoms with Crippen LogP contribution in [0.25, 0.3) is 0 Å². The summed E-state index contributed by atoms with van der Waals surface area (Å²) in [5, 5.41) is 10.5. The van der Waals surface area contributed by atoms with Crippen LogP contribution < -0.4 is 0 Å². The van der Waals surface area contributed by atoms with Crippen LogP contribution in [0.2, 0.25) is 10.0 Å². The average molecular weight is 909 g/mol. The Balaban J connectivity index is 0.00000683. The van der Waals surface area contributed by atoms with Gasteiger partial charge in [-0.25, -0.2) is 0 Å². The van der Waals surface area contributed by atoms with E-state index in [4.69, 9.17) is 32.7 Å². The van der Waals surface area contributed by atoms with Crippen molar-refractivity contribution in [2.45, 2.75) is 87.4 Å². The number of aliphatic hydroxyl groups is 1. The molecule has 2 amide bonds. The van der Waals surface area contributed by atoms with Crippen LogP contribution in [-0.2, 0) is 44.1 Å². The van der Waals surface area contributed by atoms with Crippen molar-refractivity contribution < 1.29 is 50.5 Å². The van der Waals surface area contributed by atoms with Gasteiger partial charge in [0.25, 0.3) is 5.91 Å². The third-order valence-electron chi connectivity index (χ3n) is 12.0. The molecule has 1 aliphatic carbocycles. The summed E-state index contributed by atoms with van der Waals surface area (Å²) in [6.07, 6.45) is -6.80. The van der Waals surface area contributed by atoms with Gasteiger partial charge in [0.2, 0.25) is 5.91 Å². The molecule has 0 unspecified atom stereocenters. The van der Waals surface area contributed by atoms with E-state index in [1.165, 1.54) is 16.0 Å². The Kier molecular flexibility index (Phi) is 14.9. The predicted molar refractivity (Wildman–Crippen MR) is 219 cm³/mol. The molecule has 2 saturated heterocycles. The number of alkyl halides is 6. The van der Waals surface area contributed by atoms with Crippen molar-refractivity contribution in [2.75, 3.05) is 59.5 Å². The van der Waals surface area contributed by atoms with Gasteiger partial charge in [-0.05, 0) is 112 Å². The molecule has 1 N–H and O–H groups in total. The van der Waals surface area contributed by atoms with Gasteiger partial charge in [-0.2, -0.15) is 26.3 Å². The van der Waals surface area contributed by atoms with Gasteiger partial charge in [-0.1, -0.05) is 53.5 Å². The minimum atomic E-state index is -5.11. The molecule has 3 aliphatic rings. The summed E-state index contributed by atoms with van der Waals surface area (Å²) < 4.78 is 95.2. The van der Waals surface area contributed by atoms with E-state index in [1.807, 2.05) is 12.1 Å². The number of morpholine rings is 1. The number of likely N-dealkylation sites (tertiary alicyclic amines) is 1. The Morgan fingerprint density at radius 1 is 0.933 bits per heavy atom. The molecule has 2 atom stereocenters. The number of amides is 2. The zero-order valence-electron chi connectivity index (χ0n) is 33.6. The smallest absolute Gasteiger partial charge is 0.390 e. The Morgan fingerprint density at radius 3 is 2.20 bits per heavy atom. The average Bonchev–Trinajstić information content (AvgIpc) is 3.48. The lowest BCUT2D eigenvalue weighted by Gasteiger charge is -2.46. The van der Waals surface area contributed by atoms with Crippen molar-refractivity contribution in [1.29, 1.82) is 0 Å². The van der Waals surface area contributed by atoms with E-state index in [0.717, 1.165) is 12.8 Å². The van der Waals surface area contributed by atoms with Crippen molar-refractivity contribution in [1.82, 2.24) is 14.7 Å². The fourth-order valence-corrected chi connectivity index (χ4v) is 9.00. The molecule has 2 fully saturated rings. The highest BCUT2D eigenvalue weighted by atomic mass is 35.5. The van der Waals surface area contributed by atoms with E-state index in [0.29, 0.717) is 69.6 Å². The number of ether oxygens (including phenoxy) is 2. The van der Waals surface area contributed by atoms with Crippen LogP contribution in [-0.4, -0.2) is 103 Å². The topological polar surface area (TPSA) is 82.5 Å². The number of hydrogen-bond donors (Lipinski definition) is 1. The first-order valence-electron chi connectivity index (χ1n) is 19.7. The third-order valence-corrected chi connectivity index (χ3v) is 12.8. The maximum Gasteiger partial charge on any atom is 0.416 e. The van der Waals surface area contributed by atoms with Crippen LogP contribution in [0.15, 0.2) is 60.7 Å². The van der Waals surface area contributed by atoms with Crippen LogP contribution in [0, 0.1) is 0 Å². The highest BCUT2D eigenvalue weighted by molar-refractivity contribution is 6.42. The number of carbonyl (C=O) groups excluding carboxylic acids is 2. The first-order valence-corrected chi connectivity index (χ1v) is 20.4. The van der Waals surface area contributed by atoms with Gasteiger partial charge in [-0.15, -0.1) is 12.4 Å². The van der Waals surface area contributed by atoms with E-state index >= 15 is 0 Å². The molecule has 330 valence electrons. The molecule has 1 spiro atoms. The van der Waals surface area contributed by atoms with Crippen molar-refractivity contribution in [3.63, 3.8) is 0 Å². The number of fused-ring (bicyclic) bond motifs is 2. The first kappa shape index (κ1) is 47.9. The number of halogens is 9. The summed E-state index contributed by atoms with van der Waals surface area (Å²) in [5.41, 5.74) is -3.30. The van der Waals surface area contributed by atoms with Gasteiger partial charge < -0.3 is 29.3 Å². The highest BCUT2D eigenvalue weighted by Gasteiger charge is 2.50. The molecule has 8 nitrogen and oxygen atoms in total. The molecular formula is C43H50Cl3F6N3O5. The molecule has 0 saturated carbocycles. The van der Waals surface area contributed by atoms with E-state index in [-0.39, 0.29) is 72.2 Å². The van der Waals surface area contributed by atoms with Gasteiger partial charge in [0.1, 0.15) is 12.2 Å². The van der Waals surface area contributed by atoms with Crippen LogP contribution in [0.4, 0.5) is 26.3 Å². The van der Waals surface area contributed by atoms with Gasteiger partial charge in [-0.3, -0.25) is 9.59 Å². The lowest BCUT2D eigenvalue weighted by Crippen LogP contribution is -2.54. The zero-order chi connectivity index (χ0) is 43.0. The molecule has 0 aromatic heterocycles. The molecule has 0 radical (unpaired) electrons. The number of benzene rings is 3. The molecule has 17 heteroatoms. The maximum atomic E-state index is 13.8. The highest BCUT2D eigenvalue weighted by Crippen LogP contribution is 2.48. The molecule has 0 bridgehead atoms. The van der Waals surface area contributed by atoms with Crippen LogP contribution in [0.1, 0.15) is 84.1 Å². The van der Waals surface area contributed by atoms with Gasteiger partial charge in [0.15, 0.2) is 0 Å². The minimum absolute atomic E-state index is 0. The lowest BCUT2D eigenvalue weighted by atomic mass is 9.72. The first-order chi connectivity index (χ1) is 27.6. The number of nitrogens with zero attached hydrogens (tertiary/aromatic N) is 3. The lowest BCUT2D eigenvalue weighted by molar-refractivity contribution is -0.143. The summed E-state index contributed by atoms with van der Waals surface area (Å²) in [5.74, 6) is -1.12. The molecular weight excluding hydrogens is 859 g/mol. The maximum absolute atomic E-state index is 13.8. The number of likely N-dealkylation sites (N-methyl/N-ethyl adjacent to an activating group) is 1. The fraction of sp³-hybridized carbons (Fsp3) is 0.535. The second-order valence-corrected chi connectivity index (χ2v) is 17.4. The monoisotopic (exact) mass is 907 g/mol. The van der Waals surface area contributed by atoms with Gasteiger partial charge in [0.05, 0.1) is 46.0 Å². The van der Waals surface area contributed by atoms with Crippen LogP contribution >= 0.6 is 35.6 Å². The Labute approximate surface area is 362 Å². The van der Waals surface area contributed by atoms with Crippen LogP contribution in [0.3, 0.4) is 0 Å². The third kappa shape index (κ3) is 10.9. The van der Waals surface area contributed by atoms with Crippen molar-refractivity contribution >= 4 is 47.4 Å². The quantitative estimate of drug-likeness (QED) is 0.183. The largest absolute Gasteiger partial charge is 0.416 e. The van der Waals surface area contributed by atoms with E-state index < -0.39 is 46.2 Å². The molecule has 3 aromatic rings.